The highest BCUT2D eigenvalue weighted by atomic mass is 79.9. The van der Waals surface area contributed by atoms with Gasteiger partial charge < -0.3 is 0 Å². The Balaban J connectivity index is 1.90. The van der Waals surface area contributed by atoms with Crippen LogP contribution in [0.2, 0.25) is 0 Å². The van der Waals surface area contributed by atoms with Crippen molar-refractivity contribution in [2.24, 2.45) is 0 Å². The fraction of sp³-hybridized carbons (Fsp3) is 0.0435. The monoisotopic (exact) mass is 416 g/mol. The lowest BCUT2D eigenvalue weighted by molar-refractivity contribution is 0.562. The van der Waals surface area contributed by atoms with Gasteiger partial charge in [-0.05, 0) is 29.3 Å². The molecule has 0 spiro atoms. The van der Waals surface area contributed by atoms with E-state index in [4.69, 9.17) is 5.10 Å². The molecule has 1 aromatic heterocycles. The highest BCUT2D eigenvalue weighted by Gasteiger charge is 2.19. The minimum absolute atomic E-state index is 0.133. The van der Waals surface area contributed by atoms with E-state index in [-0.39, 0.29) is 11.6 Å². The molecule has 0 aliphatic heterocycles. The first-order valence-corrected chi connectivity index (χ1v) is 9.47. The summed E-state index contributed by atoms with van der Waals surface area (Å²) in [6, 6.07) is 31.0. The molecule has 0 saturated carbocycles. The van der Waals surface area contributed by atoms with Gasteiger partial charge in [0.1, 0.15) is 6.04 Å². The normalized spacial score (nSPS) is 10.9. The Hall–Kier alpha value is -2.98. The molecule has 4 heteroatoms. The first kappa shape index (κ1) is 17.4. The minimum atomic E-state index is -0.285. The second-order valence-corrected chi connectivity index (χ2v) is 7.15. The number of hydrogen-bond acceptors (Lipinski definition) is 2. The quantitative estimate of drug-likeness (QED) is 0.451. The van der Waals surface area contributed by atoms with Crippen molar-refractivity contribution in [1.82, 2.24) is 9.78 Å². The first-order chi connectivity index (χ1) is 13.2. The third-order valence-corrected chi connectivity index (χ3v) is 4.91. The highest BCUT2D eigenvalue weighted by Crippen LogP contribution is 2.26. The summed E-state index contributed by atoms with van der Waals surface area (Å²) in [7, 11) is 0. The summed E-state index contributed by atoms with van der Waals surface area (Å²) in [4.78, 5) is 12.7. The van der Waals surface area contributed by atoms with E-state index in [0.29, 0.717) is 0 Å². The van der Waals surface area contributed by atoms with E-state index in [1.807, 2.05) is 84.9 Å². The van der Waals surface area contributed by atoms with E-state index in [1.165, 1.54) is 0 Å². The molecule has 0 aliphatic carbocycles. The van der Waals surface area contributed by atoms with Gasteiger partial charge in [0.2, 0.25) is 0 Å². The predicted octanol–water partition coefficient (Wildman–Crippen LogP) is 5.31. The van der Waals surface area contributed by atoms with Crippen LogP contribution >= 0.6 is 15.9 Å². The predicted molar refractivity (Wildman–Crippen MR) is 112 cm³/mol. The van der Waals surface area contributed by atoms with Gasteiger partial charge in [0.25, 0.3) is 5.56 Å². The summed E-state index contributed by atoms with van der Waals surface area (Å²) >= 11 is 3.50. The molecule has 0 bridgehead atoms. The largest absolute Gasteiger partial charge is 0.268 e. The number of nitrogens with zero attached hydrogens (tertiary/aromatic N) is 2. The summed E-state index contributed by atoms with van der Waals surface area (Å²) in [5.41, 5.74) is 3.62. The van der Waals surface area contributed by atoms with Crippen LogP contribution in [0, 0.1) is 0 Å². The fourth-order valence-electron chi connectivity index (χ4n) is 3.16. The summed E-state index contributed by atoms with van der Waals surface area (Å²) in [5, 5.41) is 4.72. The smallest absolute Gasteiger partial charge is 0.267 e. The van der Waals surface area contributed by atoms with Crippen LogP contribution < -0.4 is 5.56 Å². The lowest BCUT2D eigenvalue weighted by Crippen LogP contribution is -2.28. The van der Waals surface area contributed by atoms with Crippen molar-refractivity contribution >= 4 is 15.9 Å². The molecule has 0 N–H and O–H groups in total. The third-order valence-electron chi connectivity index (χ3n) is 4.42. The molecule has 0 unspecified atom stereocenters. The first-order valence-electron chi connectivity index (χ1n) is 8.68. The molecule has 3 nitrogen and oxygen atoms in total. The van der Waals surface area contributed by atoms with Gasteiger partial charge in [-0.1, -0.05) is 88.7 Å². The molecule has 0 aliphatic rings. The van der Waals surface area contributed by atoms with Crippen molar-refractivity contribution < 1.29 is 0 Å². The van der Waals surface area contributed by atoms with Crippen LogP contribution in [0.1, 0.15) is 17.2 Å². The minimum Gasteiger partial charge on any atom is -0.268 e. The van der Waals surface area contributed by atoms with Crippen molar-refractivity contribution in [2.75, 3.05) is 0 Å². The van der Waals surface area contributed by atoms with Crippen LogP contribution in [0.25, 0.3) is 11.3 Å². The maximum absolute atomic E-state index is 12.7. The van der Waals surface area contributed by atoms with Crippen LogP contribution in [0.15, 0.2) is 106 Å². The summed E-state index contributed by atoms with van der Waals surface area (Å²) in [6.07, 6.45) is 0. The SMILES string of the molecule is O=c1ccc(-c2cccc(Br)c2)nn1C(c1ccccc1)c1ccccc1. The molecule has 27 heavy (non-hydrogen) atoms. The molecule has 4 aromatic rings. The number of halogens is 1. The van der Waals surface area contributed by atoms with Crippen molar-refractivity contribution in [3.05, 3.63) is 123 Å². The molecule has 0 amide bonds. The highest BCUT2D eigenvalue weighted by molar-refractivity contribution is 9.10. The topological polar surface area (TPSA) is 34.9 Å². The molecule has 0 radical (unpaired) electrons. The third kappa shape index (κ3) is 3.76. The van der Waals surface area contributed by atoms with Gasteiger partial charge in [-0.2, -0.15) is 5.10 Å². The molecule has 4 rings (SSSR count). The van der Waals surface area contributed by atoms with Crippen LogP contribution in [0.4, 0.5) is 0 Å². The van der Waals surface area contributed by atoms with Crippen LogP contribution in [0.5, 0.6) is 0 Å². The van der Waals surface area contributed by atoms with Crippen molar-refractivity contribution in [3.8, 4) is 11.3 Å². The molecule has 3 aromatic carbocycles. The molecular weight excluding hydrogens is 400 g/mol. The Morgan fingerprint density at radius 3 is 1.96 bits per heavy atom. The van der Waals surface area contributed by atoms with Gasteiger partial charge in [0.15, 0.2) is 0 Å². The molecular formula is C23H17BrN2O. The van der Waals surface area contributed by atoms with Gasteiger partial charge in [-0.15, -0.1) is 0 Å². The summed E-state index contributed by atoms with van der Waals surface area (Å²) in [6.45, 7) is 0. The second-order valence-electron chi connectivity index (χ2n) is 6.24. The molecule has 0 atom stereocenters. The standard InChI is InChI=1S/C23H17BrN2O/c24-20-13-7-12-19(16-20)21-14-15-22(27)26(25-21)23(17-8-3-1-4-9-17)18-10-5-2-6-11-18/h1-16,23H. The zero-order chi connectivity index (χ0) is 18.6. The number of hydrogen-bond donors (Lipinski definition) is 0. The second kappa shape index (κ2) is 7.72. The van der Waals surface area contributed by atoms with Gasteiger partial charge in [-0.25, -0.2) is 4.68 Å². The van der Waals surface area contributed by atoms with Gasteiger partial charge in [0, 0.05) is 16.1 Å². The fourth-order valence-corrected chi connectivity index (χ4v) is 3.56. The summed E-state index contributed by atoms with van der Waals surface area (Å²) in [5.74, 6) is 0. The molecule has 0 fully saturated rings. The Labute approximate surface area is 166 Å². The van der Waals surface area contributed by atoms with E-state index in [0.717, 1.165) is 26.9 Å². The maximum atomic E-state index is 12.7. The summed E-state index contributed by atoms with van der Waals surface area (Å²) < 4.78 is 2.54. The van der Waals surface area contributed by atoms with Crippen LogP contribution in [0.3, 0.4) is 0 Å². The molecule has 0 saturated heterocycles. The number of rotatable bonds is 4. The lowest BCUT2D eigenvalue weighted by Gasteiger charge is -2.20. The van der Waals surface area contributed by atoms with Crippen molar-refractivity contribution in [1.29, 1.82) is 0 Å². The number of aromatic nitrogens is 2. The zero-order valence-corrected chi connectivity index (χ0v) is 16.1. The van der Waals surface area contributed by atoms with E-state index in [2.05, 4.69) is 15.9 Å². The Bertz CT molecular complexity index is 1070. The Morgan fingerprint density at radius 1 is 0.741 bits per heavy atom. The molecule has 132 valence electrons. The van der Waals surface area contributed by atoms with Gasteiger partial charge in [-0.3, -0.25) is 4.79 Å². The average Bonchev–Trinajstić information content (AvgIpc) is 2.71. The van der Waals surface area contributed by atoms with Crippen LogP contribution in [-0.4, -0.2) is 9.78 Å². The zero-order valence-electron chi connectivity index (χ0n) is 14.5. The van der Waals surface area contributed by atoms with E-state index >= 15 is 0 Å². The lowest BCUT2D eigenvalue weighted by atomic mass is 9.99. The van der Waals surface area contributed by atoms with Crippen LogP contribution in [-0.2, 0) is 0 Å². The van der Waals surface area contributed by atoms with E-state index < -0.39 is 0 Å². The van der Waals surface area contributed by atoms with Gasteiger partial charge >= 0.3 is 0 Å². The Kier molecular flexibility index (Phi) is 4.99. The maximum Gasteiger partial charge on any atom is 0.267 e. The van der Waals surface area contributed by atoms with E-state index in [1.54, 1.807) is 16.8 Å². The van der Waals surface area contributed by atoms with Crippen molar-refractivity contribution in [2.45, 2.75) is 6.04 Å². The average molecular weight is 417 g/mol. The van der Waals surface area contributed by atoms with Gasteiger partial charge in [0.05, 0.1) is 5.69 Å². The Morgan fingerprint density at radius 2 is 1.37 bits per heavy atom. The molecule has 1 heterocycles. The van der Waals surface area contributed by atoms with E-state index in [9.17, 15) is 4.79 Å². The number of benzene rings is 3. The van der Waals surface area contributed by atoms with Crippen molar-refractivity contribution in [3.63, 3.8) is 0 Å².